The number of carbonyl (C=O) groups excluding carboxylic acids is 2. The summed E-state index contributed by atoms with van der Waals surface area (Å²) in [6.45, 7) is 1.79. The highest BCUT2D eigenvalue weighted by Gasteiger charge is 2.26. The fraction of sp³-hybridized carbons (Fsp3) is 0.500. The van der Waals surface area contributed by atoms with Crippen molar-refractivity contribution in [3.8, 4) is 0 Å². The summed E-state index contributed by atoms with van der Waals surface area (Å²) in [6.07, 6.45) is 0.733. The summed E-state index contributed by atoms with van der Waals surface area (Å²) in [7, 11) is 0. The molecule has 122 valence electrons. The maximum absolute atomic E-state index is 12.2. The van der Waals surface area contributed by atoms with Crippen molar-refractivity contribution in [1.29, 1.82) is 0 Å². The van der Waals surface area contributed by atoms with Crippen LogP contribution < -0.4 is 5.32 Å². The third-order valence-corrected chi connectivity index (χ3v) is 4.80. The van der Waals surface area contributed by atoms with Crippen molar-refractivity contribution >= 4 is 54.3 Å². The van der Waals surface area contributed by atoms with E-state index in [-0.39, 0.29) is 18.6 Å². The van der Waals surface area contributed by atoms with Crippen molar-refractivity contribution in [3.05, 3.63) is 17.0 Å². The summed E-state index contributed by atoms with van der Waals surface area (Å²) < 4.78 is 0.624. The molecule has 0 aliphatic carbocycles. The third kappa shape index (κ3) is 5.33. The number of thiol groups is 2. The SMILES string of the molecule is CCC(CC(=O)c1ccsc1S)C(=O)NC(CCS)C(=O)O. The lowest BCUT2D eigenvalue weighted by Crippen LogP contribution is -2.44. The number of aliphatic carboxylic acids is 1. The largest absolute Gasteiger partial charge is 0.480 e. The molecule has 0 fully saturated rings. The maximum atomic E-state index is 12.2. The second-order valence-corrected chi connectivity index (χ2v) is 6.90. The van der Waals surface area contributed by atoms with Crippen LogP contribution in [0.1, 0.15) is 36.5 Å². The molecule has 8 heteroatoms. The van der Waals surface area contributed by atoms with E-state index >= 15 is 0 Å². The van der Waals surface area contributed by atoms with Crippen LogP contribution in [0, 0.1) is 5.92 Å². The fourth-order valence-corrected chi connectivity index (χ4v) is 3.23. The first-order valence-electron chi connectivity index (χ1n) is 6.84. The van der Waals surface area contributed by atoms with E-state index in [2.05, 4.69) is 30.6 Å². The number of thiophene rings is 1. The number of nitrogens with one attached hydrogen (secondary N) is 1. The molecule has 1 heterocycles. The molecule has 22 heavy (non-hydrogen) atoms. The maximum Gasteiger partial charge on any atom is 0.326 e. The van der Waals surface area contributed by atoms with Crippen LogP contribution in [0.25, 0.3) is 0 Å². The molecule has 0 radical (unpaired) electrons. The van der Waals surface area contributed by atoms with Gasteiger partial charge in [0.05, 0.1) is 4.21 Å². The Morgan fingerprint density at radius 3 is 2.55 bits per heavy atom. The zero-order chi connectivity index (χ0) is 16.7. The molecule has 2 atom stereocenters. The average molecular weight is 362 g/mol. The number of Topliss-reactive ketones (excluding diaryl/α,β-unsaturated/α-hetero) is 1. The molecule has 0 spiro atoms. The van der Waals surface area contributed by atoms with Crippen LogP contribution in [-0.4, -0.2) is 34.6 Å². The second-order valence-electron chi connectivity index (χ2n) is 4.78. The van der Waals surface area contributed by atoms with Crippen LogP contribution in [0.2, 0.25) is 0 Å². The van der Waals surface area contributed by atoms with Gasteiger partial charge in [-0.05, 0) is 30.0 Å². The van der Waals surface area contributed by atoms with Gasteiger partial charge in [-0.2, -0.15) is 12.6 Å². The number of ketones is 1. The topological polar surface area (TPSA) is 83.5 Å². The van der Waals surface area contributed by atoms with E-state index in [0.717, 1.165) is 0 Å². The van der Waals surface area contributed by atoms with Crippen LogP contribution in [0.4, 0.5) is 0 Å². The molecule has 1 aromatic heterocycles. The monoisotopic (exact) mass is 361 g/mol. The van der Waals surface area contributed by atoms with Crippen molar-refractivity contribution < 1.29 is 19.5 Å². The molecule has 0 aromatic carbocycles. The van der Waals surface area contributed by atoms with Gasteiger partial charge in [0.1, 0.15) is 6.04 Å². The van der Waals surface area contributed by atoms with Gasteiger partial charge in [-0.3, -0.25) is 9.59 Å². The summed E-state index contributed by atoms with van der Waals surface area (Å²) in [4.78, 5) is 35.4. The Hall–Kier alpha value is -0.990. The second kappa shape index (κ2) is 9.22. The molecule has 0 bridgehead atoms. The van der Waals surface area contributed by atoms with Crippen LogP contribution in [-0.2, 0) is 9.59 Å². The highest BCUT2D eigenvalue weighted by Crippen LogP contribution is 2.24. The van der Waals surface area contributed by atoms with Crippen molar-refractivity contribution in [2.75, 3.05) is 5.75 Å². The smallest absolute Gasteiger partial charge is 0.326 e. The van der Waals surface area contributed by atoms with Crippen molar-refractivity contribution in [3.63, 3.8) is 0 Å². The number of carboxylic acid groups (broad SMARTS) is 1. The molecular formula is C14H19NO4S3. The number of hydrogen-bond acceptors (Lipinski definition) is 6. The quantitative estimate of drug-likeness (QED) is 0.402. The zero-order valence-corrected chi connectivity index (χ0v) is 14.7. The van der Waals surface area contributed by atoms with E-state index in [1.54, 1.807) is 18.4 Å². The molecule has 2 unspecified atom stereocenters. The Balaban J connectivity index is 2.70. The molecule has 2 N–H and O–H groups in total. The van der Waals surface area contributed by atoms with E-state index in [1.807, 2.05) is 0 Å². The first kappa shape index (κ1) is 19.1. The Morgan fingerprint density at radius 1 is 1.41 bits per heavy atom. The van der Waals surface area contributed by atoms with Crippen molar-refractivity contribution in [2.45, 2.75) is 36.4 Å². The Bertz CT molecular complexity index is 544. The minimum absolute atomic E-state index is 0.0415. The van der Waals surface area contributed by atoms with E-state index < -0.39 is 23.8 Å². The molecule has 5 nitrogen and oxygen atoms in total. The highest BCUT2D eigenvalue weighted by molar-refractivity contribution is 7.83. The number of hydrogen-bond donors (Lipinski definition) is 4. The first-order chi connectivity index (χ1) is 10.4. The molecule has 0 saturated heterocycles. The summed E-state index contributed by atoms with van der Waals surface area (Å²) in [6, 6.07) is 0.705. The summed E-state index contributed by atoms with van der Waals surface area (Å²) in [5.41, 5.74) is 0.504. The van der Waals surface area contributed by atoms with Gasteiger partial charge >= 0.3 is 5.97 Å². The van der Waals surface area contributed by atoms with E-state index in [9.17, 15) is 14.4 Å². The Labute approximate surface area is 144 Å². The lowest BCUT2D eigenvalue weighted by molar-refractivity contribution is -0.142. The highest BCUT2D eigenvalue weighted by atomic mass is 32.2. The predicted octanol–water partition coefficient (Wildman–Crippen LogP) is 2.53. The lowest BCUT2D eigenvalue weighted by Gasteiger charge is -2.18. The van der Waals surface area contributed by atoms with Crippen molar-refractivity contribution in [1.82, 2.24) is 5.32 Å². The Kier molecular flexibility index (Phi) is 7.98. The number of rotatable bonds is 9. The van der Waals surface area contributed by atoms with Gasteiger partial charge in [0.15, 0.2) is 5.78 Å². The lowest BCUT2D eigenvalue weighted by atomic mass is 9.96. The minimum Gasteiger partial charge on any atom is -0.480 e. The van der Waals surface area contributed by atoms with Gasteiger partial charge in [-0.25, -0.2) is 4.79 Å². The van der Waals surface area contributed by atoms with Gasteiger partial charge in [0.25, 0.3) is 0 Å². The predicted molar refractivity (Wildman–Crippen MR) is 92.3 cm³/mol. The van der Waals surface area contributed by atoms with Gasteiger partial charge in [-0.1, -0.05) is 6.92 Å². The van der Waals surface area contributed by atoms with Crippen LogP contribution >= 0.6 is 36.6 Å². The molecule has 0 aliphatic rings. The summed E-state index contributed by atoms with van der Waals surface area (Å²) in [5, 5.41) is 13.3. The zero-order valence-electron chi connectivity index (χ0n) is 12.1. The molecule has 1 rings (SSSR count). The normalized spacial score (nSPS) is 13.4. The molecular weight excluding hydrogens is 342 g/mol. The van der Waals surface area contributed by atoms with E-state index in [1.165, 1.54) is 11.3 Å². The van der Waals surface area contributed by atoms with Gasteiger partial charge in [0.2, 0.25) is 5.91 Å². The van der Waals surface area contributed by atoms with E-state index in [4.69, 9.17) is 5.11 Å². The van der Waals surface area contributed by atoms with Crippen LogP contribution in [0.5, 0.6) is 0 Å². The van der Waals surface area contributed by atoms with Crippen LogP contribution in [0.15, 0.2) is 15.7 Å². The molecule has 1 aromatic rings. The number of carboxylic acids is 1. The van der Waals surface area contributed by atoms with Gasteiger partial charge in [-0.15, -0.1) is 24.0 Å². The number of carbonyl (C=O) groups is 3. The third-order valence-electron chi connectivity index (χ3n) is 3.27. The summed E-state index contributed by atoms with van der Waals surface area (Å²) in [5.74, 6) is -1.87. The molecule has 0 aliphatic heterocycles. The van der Waals surface area contributed by atoms with Crippen LogP contribution in [0.3, 0.4) is 0 Å². The van der Waals surface area contributed by atoms with Gasteiger partial charge < -0.3 is 10.4 Å². The van der Waals surface area contributed by atoms with Crippen molar-refractivity contribution in [2.24, 2.45) is 5.92 Å². The molecule has 0 saturated carbocycles. The number of amides is 1. The summed E-state index contributed by atoms with van der Waals surface area (Å²) >= 11 is 9.55. The average Bonchev–Trinajstić information content (AvgIpc) is 2.89. The minimum atomic E-state index is -1.10. The fourth-order valence-electron chi connectivity index (χ4n) is 1.95. The standard InChI is InChI=1S/C14H19NO4S3/c1-2-8(7-11(16)9-4-6-22-14(9)21)12(17)15-10(3-5-20)13(18)19/h4,6,8,10,20-21H,2-3,5,7H2,1H3,(H,15,17)(H,18,19). The molecule has 1 amide bonds. The van der Waals surface area contributed by atoms with E-state index in [0.29, 0.717) is 21.9 Å². The first-order valence-corrected chi connectivity index (χ1v) is 8.80. The Morgan fingerprint density at radius 2 is 2.09 bits per heavy atom. The van der Waals surface area contributed by atoms with Gasteiger partial charge in [0, 0.05) is 17.9 Å².